The molecule has 4 heteroatoms. The lowest BCUT2D eigenvalue weighted by molar-refractivity contribution is 0.0691. The van der Waals surface area contributed by atoms with Gasteiger partial charge in [0.05, 0.1) is 5.52 Å². The van der Waals surface area contributed by atoms with Gasteiger partial charge in [-0.3, -0.25) is 0 Å². The molecule has 0 unspecified atom stereocenters. The molecule has 0 fully saturated rings. The molecular formula is C11H12N2O2. The maximum absolute atomic E-state index is 10.9. The van der Waals surface area contributed by atoms with Crippen LogP contribution >= 0.6 is 0 Å². The third-order valence-electron chi connectivity index (χ3n) is 2.75. The van der Waals surface area contributed by atoms with Crippen LogP contribution in [0.25, 0.3) is 10.9 Å². The Kier molecular flexibility index (Phi) is 1.93. The fourth-order valence-electron chi connectivity index (χ4n) is 1.77. The molecule has 2 rings (SSSR count). The summed E-state index contributed by atoms with van der Waals surface area (Å²) in [7, 11) is 0. The van der Waals surface area contributed by atoms with Gasteiger partial charge in [-0.25, -0.2) is 4.79 Å². The van der Waals surface area contributed by atoms with Crippen LogP contribution in [0.15, 0.2) is 12.1 Å². The van der Waals surface area contributed by atoms with Crippen molar-refractivity contribution >= 4 is 22.6 Å². The number of aryl methyl sites for hydroxylation is 2. The lowest BCUT2D eigenvalue weighted by atomic mass is 10.1. The van der Waals surface area contributed by atoms with Crippen LogP contribution < -0.4 is 5.73 Å². The van der Waals surface area contributed by atoms with E-state index in [9.17, 15) is 4.79 Å². The summed E-state index contributed by atoms with van der Waals surface area (Å²) in [6.45, 7) is 3.66. The number of carboxylic acid groups (broad SMARTS) is 1. The van der Waals surface area contributed by atoms with Gasteiger partial charge in [-0.1, -0.05) is 6.07 Å². The fraction of sp³-hybridized carbons (Fsp3) is 0.182. The van der Waals surface area contributed by atoms with E-state index in [1.54, 1.807) is 13.0 Å². The minimum absolute atomic E-state index is 0.235. The van der Waals surface area contributed by atoms with Crippen molar-refractivity contribution in [3.63, 3.8) is 0 Å². The number of anilines is 1. The van der Waals surface area contributed by atoms with Gasteiger partial charge in [0, 0.05) is 11.1 Å². The summed E-state index contributed by atoms with van der Waals surface area (Å²) in [5.74, 6) is -0.943. The number of aromatic amines is 1. The van der Waals surface area contributed by atoms with E-state index in [4.69, 9.17) is 10.8 Å². The average Bonchev–Trinajstić information content (AvgIpc) is 2.51. The number of aromatic carboxylic acids is 1. The second-order valence-corrected chi connectivity index (χ2v) is 3.63. The third kappa shape index (κ3) is 1.26. The summed E-state index contributed by atoms with van der Waals surface area (Å²) in [4.78, 5) is 13.8. The van der Waals surface area contributed by atoms with Gasteiger partial charge in [-0.15, -0.1) is 0 Å². The molecular weight excluding hydrogens is 192 g/mol. The Morgan fingerprint density at radius 2 is 2.00 bits per heavy atom. The van der Waals surface area contributed by atoms with Gasteiger partial charge in [0.15, 0.2) is 0 Å². The fourth-order valence-corrected chi connectivity index (χ4v) is 1.77. The summed E-state index contributed by atoms with van der Waals surface area (Å²) >= 11 is 0. The van der Waals surface area contributed by atoms with Crippen molar-refractivity contribution in [3.05, 3.63) is 29.0 Å². The Morgan fingerprint density at radius 1 is 1.33 bits per heavy atom. The van der Waals surface area contributed by atoms with Crippen molar-refractivity contribution in [2.24, 2.45) is 0 Å². The quantitative estimate of drug-likeness (QED) is 0.622. The Morgan fingerprint density at radius 3 is 2.60 bits per heavy atom. The summed E-state index contributed by atoms with van der Waals surface area (Å²) in [6, 6.07) is 3.64. The highest BCUT2D eigenvalue weighted by atomic mass is 16.4. The number of carboxylic acids is 1. The SMILES string of the molecule is Cc1c(C(=O)O)[nH]c2c(C)c(N)ccc12. The number of nitrogens with one attached hydrogen (secondary N) is 1. The van der Waals surface area contributed by atoms with Crippen LogP contribution in [-0.4, -0.2) is 16.1 Å². The molecule has 78 valence electrons. The highest BCUT2D eigenvalue weighted by molar-refractivity contribution is 5.99. The van der Waals surface area contributed by atoms with E-state index in [0.717, 1.165) is 22.0 Å². The van der Waals surface area contributed by atoms with Gasteiger partial charge < -0.3 is 15.8 Å². The van der Waals surface area contributed by atoms with Crippen LogP contribution in [0.5, 0.6) is 0 Å². The number of nitrogens with two attached hydrogens (primary N) is 1. The third-order valence-corrected chi connectivity index (χ3v) is 2.75. The maximum atomic E-state index is 10.9. The largest absolute Gasteiger partial charge is 0.477 e. The highest BCUT2D eigenvalue weighted by Crippen LogP contribution is 2.27. The zero-order chi connectivity index (χ0) is 11.2. The number of benzene rings is 1. The first-order valence-corrected chi connectivity index (χ1v) is 4.63. The van der Waals surface area contributed by atoms with Crippen LogP contribution in [0, 0.1) is 13.8 Å². The molecule has 0 bridgehead atoms. The zero-order valence-electron chi connectivity index (χ0n) is 8.59. The minimum Gasteiger partial charge on any atom is -0.477 e. The topological polar surface area (TPSA) is 79.1 Å². The van der Waals surface area contributed by atoms with Gasteiger partial charge in [0.1, 0.15) is 5.69 Å². The number of hydrogen-bond acceptors (Lipinski definition) is 2. The van der Waals surface area contributed by atoms with Crippen LogP contribution in [0.4, 0.5) is 5.69 Å². The first-order valence-electron chi connectivity index (χ1n) is 4.63. The molecule has 0 amide bonds. The van der Waals surface area contributed by atoms with Gasteiger partial charge in [0.2, 0.25) is 0 Å². The maximum Gasteiger partial charge on any atom is 0.352 e. The predicted molar refractivity (Wildman–Crippen MR) is 59.1 cm³/mol. The van der Waals surface area contributed by atoms with E-state index in [-0.39, 0.29) is 5.69 Å². The lowest BCUT2D eigenvalue weighted by Crippen LogP contribution is -1.98. The number of rotatable bonds is 1. The molecule has 1 aromatic carbocycles. The number of nitrogen functional groups attached to an aromatic ring is 1. The van der Waals surface area contributed by atoms with E-state index in [1.807, 2.05) is 13.0 Å². The second kappa shape index (κ2) is 3.02. The van der Waals surface area contributed by atoms with Crippen LogP contribution in [0.1, 0.15) is 21.6 Å². The van der Waals surface area contributed by atoms with Crippen molar-refractivity contribution < 1.29 is 9.90 Å². The molecule has 1 aromatic heterocycles. The molecule has 0 aliphatic carbocycles. The Bertz CT molecular complexity index is 555. The number of hydrogen-bond donors (Lipinski definition) is 3. The summed E-state index contributed by atoms with van der Waals surface area (Å²) in [5.41, 5.74) is 9.11. The smallest absolute Gasteiger partial charge is 0.352 e. The van der Waals surface area contributed by atoms with E-state index < -0.39 is 5.97 Å². The van der Waals surface area contributed by atoms with Gasteiger partial charge in [-0.2, -0.15) is 0 Å². The predicted octanol–water partition coefficient (Wildman–Crippen LogP) is 2.07. The zero-order valence-corrected chi connectivity index (χ0v) is 8.59. The van der Waals surface area contributed by atoms with Crippen molar-refractivity contribution in [1.29, 1.82) is 0 Å². The molecule has 0 atom stereocenters. The lowest BCUT2D eigenvalue weighted by Gasteiger charge is -2.00. The summed E-state index contributed by atoms with van der Waals surface area (Å²) in [6.07, 6.45) is 0. The number of aromatic nitrogens is 1. The van der Waals surface area contributed by atoms with Crippen molar-refractivity contribution in [1.82, 2.24) is 4.98 Å². The Labute approximate surface area is 86.7 Å². The van der Waals surface area contributed by atoms with Crippen molar-refractivity contribution in [2.75, 3.05) is 5.73 Å². The molecule has 0 saturated heterocycles. The molecule has 4 nitrogen and oxygen atoms in total. The number of carbonyl (C=O) groups is 1. The molecule has 0 saturated carbocycles. The van der Waals surface area contributed by atoms with Gasteiger partial charge >= 0.3 is 5.97 Å². The van der Waals surface area contributed by atoms with Crippen LogP contribution in [0.2, 0.25) is 0 Å². The van der Waals surface area contributed by atoms with E-state index >= 15 is 0 Å². The molecule has 2 aromatic rings. The number of H-pyrrole nitrogens is 1. The summed E-state index contributed by atoms with van der Waals surface area (Å²) in [5, 5.41) is 9.88. The molecule has 0 spiro atoms. The molecule has 1 heterocycles. The van der Waals surface area contributed by atoms with Gasteiger partial charge in [0.25, 0.3) is 0 Å². The summed E-state index contributed by atoms with van der Waals surface area (Å²) < 4.78 is 0. The molecule has 0 aliphatic rings. The molecule has 0 aliphatic heterocycles. The molecule has 0 radical (unpaired) electrons. The Hall–Kier alpha value is -1.97. The monoisotopic (exact) mass is 204 g/mol. The minimum atomic E-state index is -0.943. The second-order valence-electron chi connectivity index (χ2n) is 3.63. The first-order chi connectivity index (χ1) is 7.02. The van der Waals surface area contributed by atoms with E-state index in [1.165, 1.54) is 0 Å². The Balaban J connectivity index is 2.88. The normalized spacial score (nSPS) is 10.8. The molecule has 4 N–H and O–H groups in total. The number of fused-ring (bicyclic) bond motifs is 1. The molecule has 15 heavy (non-hydrogen) atoms. The van der Waals surface area contributed by atoms with Crippen LogP contribution in [0.3, 0.4) is 0 Å². The first kappa shape index (κ1) is 9.58. The van der Waals surface area contributed by atoms with Crippen molar-refractivity contribution in [2.45, 2.75) is 13.8 Å². The van der Waals surface area contributed by atoms with Gasteiger partial charge in [-0.05, 0) is 31.0 Å². The van der Waals surface area contributed by atoms with Crippen LogP contribution in [-0.2, 0) is 0 Å². The van der Waals surface area contributed by atoms with Crippen molar-refractivity contribution in [3.8, 4) is 0 Å². The standard InChI is InChI=1S/C11H12N2O2/c1-5-7-3-4-8(12)6(2)9(7)13-10(5)11(14)15/h3-4,13H,12H2,1-2H3,(H,14,15). The van der Waals surface area contributed by atoms with E-state index in [0.29, 0.717) is 5.69 Å². The average molecular weight is 204 g/mol. The highest BCUT2D eigenvalue weighted by Gasteiger charge is 2.14. The van der Waals surface area contributed by atoms with E-state index in [2.05, 4.69) is 4.98 Å².